The van der Waals surface area contributed by atoms with E-state index < -0.39 is 0 Å². The first-order valence-electron chi connectivity index (χ1n) is 7.19. The molecule has 2 heterocycles. The van der Waals surface area contributed by atoms with Gasteiger partial charge in [0.25, 0.3) is 0 Å². The van der Waals surface area contributed by atoms with Gasteiger partial charge in [0, 0.05) is 22.8 Å². The van der Waals surface area contributed by atoms with Crippen LogP contribution in [0, 0.1) is 0 Å². The molecule has 0 radical (unpaired) electrons. The number of nitrogens with two attached hydrogens (primary N) is 1. The summed E-state index contributed by atoms with van der Waals surface area (Å²) < 4.78 is 5.70. The van der Waals surface area contributed by atoms with Crippen molar-refractivity contribution < 1.29 is 4.74 Å². The van der Waals surface area contributed by atoms with Gasteiger partial charge in [-0.25, -0.2) is 0 Å². The molecule has 1 fully saturated rings. The van der Waals surface area contributed by atoms with Crippen LogP contribution in [0.1, 0.15) is 31.2 Å². The minimum Gasteiger partial charge on any atom is -0.378 e. The number of thioether (sulfide) groups is 1. The van der Waals surface area contributed by atoms with E-state index in [9.17, 15) is 0 Å². The smallest absolute Gasteiger partial charge is 0.0576 e. The fourth-order valence-corrected chi connectivity index (χ4v) is 4.48. The SMILES string of the molecule is NNC(CCC1CCCO1)C1Cc2ccccc2S1. The highest BCUT2D eigenvalue weighted by molar-refractivity contribution is 8.00. The number of hydrogen-bond donors (Lipinski definition) is 2. The number of hydrogen-bond acceptors (Lipinski definition) is 4. The maximum absolute atomic E-state index is 5.77. The van der Waals surface area contributed by atoms with E-state index in [4.69, 9.17) is 10.6 Å². The summed E-state index contributed by atoms with van der Waals surface area (Å²) in [6, 6.07) is 9.07. The summed E-state index contributed by atoms with van der Waals surface area (Å²) in [6.07, 6.45) is 6.25. The van der Waals surface area contributed by atoms with Crippen LogP contribution in [0.3, 0.4) is 0 Å². The van der Waals surface area contributed by atoms with E-state index in [1.165, 1.54) is 23.3 Å². The predicted octanol–water partition coefficient (Wildman–Crippen LogP) is 2.49. The average Bonchev–Trinajstić information content (AvgIpc) is 3.08. The van der Waals surface area contributed by atoms with Gasteiger partial charge in [-0.15, -0.1) is 11.8 Å². The van der Waals surface area contributed by atoms with E-state index in [1.807, 2.05) is 11.8 Å². The Hall–Kier alpha value is -0.550. The van der Waals surface area contributed by atoms with Crippen molar-refractivity contribution in [2.75, 3.05) is 6.61 Å². The van der Waals surface area contributed by atoms with Gasteiger partial charge in [0.1, 0.15) is 0 Å². The zero-order chi connectivity index (χ0) is 13.1. The number of hydrazine groups is 1. The van der Waals surface area contributed by atoms with Crippen molar-refractivity contribution in [2.45, 2.75) is 54.4 Å². The molecular weight excluding hydrogens is 256 g/mol. The summed E-state index contributed by atoms with van der Waals surface area (Å²) in [6.45, 7) is 0.939. The molecule has 1 aromatic rings. The number of nitrogens with one attached hydrogen (secondary N) is 1. The van der Waals surface area contributed by atoms with Crippen LogP contribution in [-0.4, -0.2) is 24.0 Å². The second-order valence-electron chi connectivity index (χ2n) is 5.45. The molecule has 4 heteroatoms. The normalized spacial score (nSPS) is 27.4. The molecule has 0 spiro atoms. The third-order valence-corrected chi connectivity index (χ3v) is 5.61. The van der Waals surface area contributed by atoms with E-state index in [1.54, 1.807) is 0 Å². The predicted molar refractivity (Wildman–Crippen MR) is 79.1 cm³/mol. The average molecular weight is 278 g/mol. The zero-order valence-corrected chi connectivity index (χ0v) is 12.0. The molecule has 0 amide bonds. The molecule has 3 nitrogen and oxygen atoms in total. The van der Waals surface area contributed by atoms with Crippen molar-refractivity contribution >= 4 is 11.8 Å². The van der Waals surface area contributed by atoms with Crippen molar-refractivity contribution in [3.8, 4) is 0 Å². The van der Waals surface area contributed by atoms with E-state index in [2.05, 4.69) is 29.7 Å². The second kappa shape index (κ2) is 6.27. The lowest BCUT2D eigenvalue weighted by atomic mass is 9.99. The summed E-state index contributed by atoms with van der Waals surface area (Å²) in [5, 5.41) is 0.559. The Kier molecular flexibility index (Phi) is 4.43. The first kappa shape index (κ1) is 13.4. The quantitative estimate of drug-likeness (QED) is 0.642. The maximum Gasteiger partial charge on any atom is 0.0576 e. The minimum atomic E-state index is 0.376. The Balaban J connectivity index is 1.55. The Bertz CT molecular complexity index is 395. The van der Waals surface area contributed by atoms with Gasteiger partial charge in [-0.1, -0.05) is 18.2 Å². The summed E-state index contributed by atoms with van der Waals surface area (Å²) >= 11 is 1.97. The summed E-state index contributed by atoms with van der Waals surface area (Å²) in [5.41, 5.74) is 4.49. The highest BCUT2D eigenvalue weighted by atomic mass is 32.2. The Labute approximate surface area is 119 Å². The van der Waals surface area contributed by atoms with E-state index in [0.29, 0.717) is 17.4 Å². The molecular formula is C15H22N2OS. The molecule has 3 rings (SSSR count). The van der Waals surface area contributed by atoms with Gasteiger partial charge < -0.3 is 4.74 Å². The van der Waals surface area contributed by atoms with Crippen LogP contribution in [0.25, 0.3) is 0 Å². The van der Waals surface area contributed by atoms with Gasteiger partial charge in [0.15, 0.2) is 0 Å². The van der Waals surface area contributed by atoms with Gasteiger partial charge in [0.2, 0.25) is 0 Å². The Morgan fingerprint density at radius 1 is 1.42 bits per heavy atom. The molecule has 2 aliphatic heterocycles. The van der Waals surface area contributed by atoms with Crippen LogP contribution in [0.15, 0.2) is 29.2 Å². The highest BCUT2D eigenvalue weighted by Crippen LogP contribution is 2.39. The molecule has 0 aromatic heterocycles. The highest BCUT2D eigenvalue weighted by Gasteiger charge is 2.29. The first-order chi connectivity index (χ1) is 9.36. The standard InChI is InChI=1S/C15H22N2OS/c16-17-13(8-7-12-5-3-9-18-12)15-10-11-4-1-2-6-14(11)19-15/h1-2,4,6,12-13,15,17H,3,5,7-10,16H2. The zero-order valence-electron chi connectivity index (χ0n) is 11.2. The molecule has 19 heavy (non-hydrogen) atoms. The molecule has 3 atom stereocenters. The number of benzene rings is 1. The molecule has 3 N–H and O–H groups in total. The number of ether oxygens (including phenoxy) is 1. The van der Waals surface area contributed by atoms with Crippen LogP contribution in [-0.2, 0) is 11.2 Å². The van der Waals surface area contributed by atoms with E-state index >= 15 is 0 Å². The van der Waals surface area contributed by atoms with Crippen LogP contribution in [0.2, 0.25) is 0 Å². The molecule has 1 aromatic carbocycles. The maximum atomic E-state index is 5.77. The van der Waals surface area contributed by atoms with Crippen molar-refractivity contribution in [3.63, 3.8) is 0 Å². The van der Waals surface area contributed by atoms with Crippen LogP contribution in [0.4, 0.5) is 0 Å². The van der Waals surface area contributed by atoms with E-state index in [0.717, 1.165) is 25.9 Å². The summed E-state index contributed by atoms with van der Waals surface area (Å²) in [7, 11) is 0. The van der Waals surface area contributed by atoms with Crippen LogP contribution < -0.4 is 11.3 Å². The molecule has 0 aliphatic carbocycles. The molecule has 0 saturated carbocycles. The van der Waals surface area contributed by atoms with Crippen molar-refractivity contribution in [1.29, 1.82) is 0 Å². The third kappa shape index (κ3) is 3.14. The lowest BCUT2D eigenvalue weighted by Crippen LogP contribution is -2.43. The van der Waals surface area contributed by atoms with Gasteiger partial charge >= 0.3 is 0 Å². The van der Waals surface area contributed by atoms with Gasteiger partial charge in [0.05, 0.1) is 6.10 Å². The topological polar surface area (TPSA) is 47.3 Å². The van der Waals surface area contributed by atoms with Crippen molar-refractivity contribution in [2.24, 2.45) is 5.84 Å². The Morgan fingerprint density at radius 2 is 2.32 bits per heavy atom. The van der Waals surface area contributed by atoms with Gasteiger partial charge in [-0.3, -0.25) is 11.3 Å². The second-order valence-corrected chi connectivity index (χ2v) is 6.73. The molecule has 0 bridgehead atoms. The third-order valence-electron chi connectivity index (χ3n) is 4.16. The van der Waals surface area contributed by atoms with Crippen molar-refractivity contribution in [1.82, 2.24) is 5.43 Å². The van der Waals surface area contributed by atoms with Gasteiger partial charge in [-0.05, 0) is 43.7 Å². The molecule has 1 saturated heterocycles. The minimum absolute atomic E-state index is 0.376. The Morgan fingerprint density at radius 3 is 3.05 bits per heavy atom. The summed E-state index contributed by atoms with van der Waals surface area (Å²) in [5.74, 6) is 5.77. The van der Waals surface area contributed by atoms with Crippen LogP contribution in [0.5, 0.6) is 0 Å². The lowest BCUT2D eigenvalue weighted by molar-refractivity contribution is 0.0995. The number of rotatable bonds is 5. The largest absolute Gasteiger partial charge is 0.378 e. The summed E-state index contributed by atoms with van der Waals surface area (Å²) in [4.78, 5) is 1.42. The monoisotopic (exact) mass is 278 g/mol. The first-order valence-corrected chi connectivity index (χ1v) is 8.07. The van der Waals surface area contributed by atoms with Crippen molar-refractivity contribution in [3.05, 3.63) is 29.8 Å². The number of fused-ring (bicyclic) bond motifs is 1. The fourth-order valence-electron chi connectivity index (χ4n) is 3.05. The lowest BCUT2D eigenvalue weighted by Gasteiger charge is -2.23. The molecule has 3 unspecified atom stereocenters. The van der Waals surface area contributed by atoms with Gasteiger partial charge in [-0.2, -0.15) is 0 Å². The van der Waals surface area contributed by atoms with Crippen LogP contribution >= 0.6 is 11.8 Å². The fraction of sp³-hybridized carbons (Fsp3) is 0.600. The van der Waals surface area contributed by atoms with E-state index in [-0.39, 0.29) is 0 Å². The molecule has 2 aliphatic rings. The molecule has 104 valence electrons.